The summed E-state index contributed by atoms with van der Waals surface area (Å²) in [6.45, 7) is 3.86. The Morgan fingerprint density at radius 1 is 1.17 bits per heavy atom. The van der Waals surface area contributed by atoms with Crippen molar-refractivity contribution in [2.24, 2.45) is 0 Å². The second kappa shape index (κ2) is 9.45. The van der Waals surface area contributed by atoms with E-state index in [2.05, 4.69) is 21.2 Å². The highest BCUT2D eigenvalue weighted by Gasteiger charge is 2.31. The summed E-state index contributed by atoms with van der Waals surface area (Å²) in [6.07, 6.45) is 4.22. The van der Waals surface area contributed by atoms with Gasteiger partial charge in [0.25, 0.3) is 5.91 Å². The van der Waals surface area contributed by atoms with E-state index in [4.69, 9.17) is 4.74 Å². The van der Waals surface area contributed by atoms with Crippen LogP contribution in [0, 0.1) is 0 Å². The molecule has 6 nitrogen and oxygen atoms in total. The first kappa shape index (κ1) is 20.6. The van der Waals surface area contributed by atoms with E-state index in [0.717, 1.165) is 16.6 Å². The van der Waals surface area contributed by atoms with Crippen molar-refractivity contribution in [3.8, 4) is 5.75 Å². The van der Waals surface area contributed by atoms with Gasteiger partial charge in [-0.15, -0.1) is 0 Å². The number of nitrogens with zero attached hydrogens (tertiary/aromatic N) is 1. The van der Waals surface area contributed by atoms with Crippen molar-refractivity contribution in [2.45, 2.75) is 12.8 Å². The smallest absolute Gasteiger partial charge is 0.294 e. The highest BCUT2D eigenvalue weighted by molar-refractivity contribution is 9.10. The van der Waals surface area contributed by atoms with E-state index in [1.54, 1.807) is 18.2 Å². The topological polar surface area (TPSA) is 63.1 Å². The van der Waals surface area contributed by atoms with Gasteiger partial charge in [0.2, 0.25) is 5.91 Å². The van der Waals surface area contributed by atoms with Crippen LogP contribution in [0.1, 0.15) is 18.4 Å². The summed E-state index contributed by atoms with van der Waals surface area (Å²) >= 11 is 3.44. The van der Waals surface area contributed by atoms with Gasteiger partial charge in [-0.1, -0.05) is 40.2 Å². The standard InChI is InChI=1S/C23H24BrN3O3/c24-18-7-5-6-17(14-18)15-21-23(29)27(19-8-1-2-9-20(19)30-21)16-22(28)25-10-13-26-11-3-4-12-26/h1-2,5-9,14-15H,3-4,10-13,16H2,(H,25,28)/p+1. The van der Waals surface area contributed by atoms with Crippen LogP contribution in [0.4, 0.5) is 5.69 Å². The maximum Gasteiger partial charge on any atom is 0.294 e. The number of hydrogen-bond donors (Lipinski definition) is 2. The van der Waals surface area contributed by atoms with Gasteiger partial charge in [0, 0.05) is 17.3 Å². The molecular weight excluding hydrogens is 446 g/mol. The number of nitrogens with one attached hydrogen (secondary N) is 2. The summed E-state index contributed by atoms with van der Waals surface area (Å²) in [4.78, 5) is 28.7. The Bertz CT molecular complexity index is 970. The number of rotatable bonds is 6. The first-order valence-corrected chi connectivity index (χ1v) is 11.1. The highest BCUT2D eigenvalue weighted by atomic mass is 79.9. The molecular formula is C23H25BrN3O3+. The molecule has 2 amide bonds. The summed E-state index contributed by atoms with van der Waals surface area (Å²) in [5.41, 5.74) is 1.44. The number of quaternary nitrogens is 1. The monoisotopic (exact) mass is 470 g/mol. The number of carbonyl (C=O) groups is 2. The molecule has 0 aliphatic carbocycles. The number of halogens is 1. The Labute approximate surface area is 184 Å². The van der Waals surface area contributed by atoms with Crippen molar-refractivity contribution in [1.29, 1.82) is 0 Å². The van der Waals surface area contributed by atoms with Crippen LogP contribution >= 0.6 is 15.9 Å². The van der Waals surface area contributed by atoms with Crippen LogP contribution in [0.15, 0.2) is 58.8 Å². The molecule has 0 bridgehead atoms. The lowest BCUT2D eigenvalue weighted by Gasteiger charge is -2.30. The van der Waals surface area contributed by atoms with Crippen molar-refractivity contribution in [2.75, 3.05) is 37.6 Å². The number of fused-ring (bicyclic) bond motifs is 1. The van der Waals surface area contributed by atoms with Gasteiger partial charge in [-0.3, -0.25) is 14.5 Å². The lowest BCUT2D eigenvalue weighted by molar-refractivity contribution is -0.886. The predicted octanol–water partition coefficient (Wildman–Crippen LogP) is 2.01. The van der Waals surface area contributed by atoms with E-state index < -0.39 is 0 Å². The zero-order chi connectivity index (χ0) is 20.9. The molecule has 156 valence electrons. The van der Waals surface area contributed by atoms with Gasteiger partial charge in [-0.25, -0.2) is 0 Å². The average molecular weight is 471 g/mol. The molecule has 2 aromatic rings. The van der Waals surface area contributed by atoms with Crippen molar-refractivity contribution >= 4 is 39.5 Å². The minimum Gasteiger partial charge on any atom is -0.449 e. The lowest BCUT2D eigenvalue weighted by Crippen LogP contribution is -3.10. The maximum absolute atomic E-state index is 13.1. The molecule has 30 heavy (non-hydrogen) atoms. The van der Waals surface area contributed by atoms with Crippen LogP contribution in [-0.2, 0) is 9.59 Å². The summed E-state index contributed by atoms with van der Waals surface area (Å²) in [5.74, 6) is 0.267. The minimum atomic E-state index is -0.325. The van der Waals surface area contributed by atoms with Crippen LogP contribution < -0.4 is 19.9 Å². The van der Waals surface area contributed by atoms with Gasteiger partial charge in [-0.05, 0) is 35.9 Å². The van der Waals surface area contributed by atoms with E-state index in [0.29, 0.717) is 18.0 Å². The summed E-state index contributed by atoms with van der Waals surface area (Å²) in [5, 5.41) is 2.96. The number of anilines is 1. The third-order valence-electron chi connectivity index (χ3n) is 5.39. The first-order chi connectivity index (χ1) is 14.6. The molecule has 2 N–H and O–H groups in total. The minimum absolute atomic E-state index is 0.0373. The number of amides is 2. The number of ether oxygens (including phenoxy) is 1. The SMILES string of the molecule is O=C(CN1C(=O)C(=Cc2cccc(Br)c2)Oc2ccccc21)NCC[NH+]1CCCC1. The molecule has 2 aliphatic heterocycles. The van der Waals surface area contributed by atoms with Gasteiger partial charge < -0.3 is 15.0 Å². The van der Waals surface area contributed by atoms with Crippen LogP contribution in [0.3, 0.4) is 0 Å². The molecule has 0 radical (unpaired) electrons. The van der Waals surface area contributed by atoms with Crippen LogP contribution in [0.2, 0.25) is 0 Å². The summed E-state index contributed by atoms with van der Waals surface area (Å²) < 4.78 is 6.78. The number of benzene rings is 2. The molecule has 2 heterocycles. The largest absolute Gasteiger partial charge is 0.449 e. The maximum atomic E-state index is 13.1. The van der Waals surface area contributed by atoms with Crippen molar-refractivity contribution in [1.82, 2.24) is 5.32 Å². The first-order valence-electron chi connectivity index (χ1n) is 10.3. The fourth-order valence-corrected chi connectivity index (χ4v) is 4.29. The summed E-state index contributed by atoms with van der Waals surface area (Å²) in [6, 6.07) is 14.9. The molecule has 2 aliphatic rings. The van der Waals surface area contributed by atoms with E-state index in [-0.39, 0.29) is 24.1 Å². The highest BCUT2D eigenvalue weighted by Crippen LogP contribution is 2.35. The van der Waals surface area contributed by atoms with Gasteiger partial charge in [0.15, 0.2) is 11.5 Å². The Balaban J connectivity index is 1.49. The van der Waals surface area contributed by atoms with Gasteiger partial charge in [0.05, 0.1) is 31.9 Å². The Kier molecular flexibility index (Phi) is 6.50. The molecule has 4 rings (SSSR count). The van der Waals surface area contributed by atoms with Crippen molar-refractivity contribution < 1.29 is 19.2 Å². The molecule has 0 spiro atoms. The molecule has 2 aromatic carbocycles. The third kappa shape index (κ3) is 4.91. The van der Waals surface area contributed by atoms with E-state index in [9.17, 15) is 9.59 Å². The molecule has 0 aromatic heterocycles. The second-order valence-corrected chi connectivity index (χ2v) is 8.50. The number of likely N-dealkylation sites (tertiary alicyclic amines) is 1. The zero-order valence-corrected chi connectivity index (χ0v) is 18.3. The number of hydrogen-bond acceptors (Lipinski definition) is 3. The summed E-state index contributed by atoms with van der Waals surface area (Å²) in [7, 11) is 0. The normalized spacial score (nSPS) is 17.7. The number of carbonyl (C=O) groups excluding carboxylic acids is 2. The fraction of sp³-hybridized carbons (Fsp3) is 0.304. The number of para-hydroxylation sites is 2. The van der Waals surface area contributed by atoms with Crippen LogP contribution in [-0.4, -0.2) is 44.5 Å². The van der Waals surface area contributed by atoms with Crippen molar-refractivity contribution in [3.05, 3.63) is 64.3 Å². The predicted molar refractivity (Wildman–Crippen MR) is 119 cm³/mol. The van der Waals surface area contributed by atoms with E-state index in [1.165, 1.54) is 35.7 Å². The molecule has 1 fully saturated rings. The molecule has 0 atom stereocenters. The van der Waals surface area contributed by atoms with E-state index in [1.807, 2.05) is 36.4 Å². The Hall–Kier alpha value is -2.64. The lowest BCUT2D eigenvalue weighted by atomic mass is 10.1. The van der Waals surface area contributed by atoms with Crippen molar-refractivity contribution in [3.63, 3.8) is 0 Å². The Morgan fingerprint density at radius 2 is 1.97 bits per heavy atom. The quantitative estimate of drug-likeness (QED) is 0.634. The molecule has 0 unspecified atom stereocenters. The molecule has 0 saturated carbocycles. The average Bonchev–Trinajstić information content (AvgIpc) is 3.25. The van der Waals surface area contributed by atoms with Gasteiger partial charge >= 0.3 is 0 Å². The molecule has 7 heteroatoms. The van der Waals surface area contributed by atoms with Crippen LogP contribution in [0.25, 0.3) is 6.08 Å². The third-order valence-corrected chi connectivity index (χ3v) is 5.88. The second-order valence-electron chi connectivity index (χ2n) is 7.58. The zero-order valence-electron chi connectivity index (χ0n) is 16.7. The van der Waals surface area contributed by atoms with Gasteiger partial charge in [-0.2, -0.15) is 0 Å². The van der Waals surface area contributed by atoms with Gasteiger partial charge in [0.1, 0.15) is 6.54 Å². The van der Waals surface area contributed by atoms with E-state index >= 15 is 0 Å². The van der Waals surface area contributed by atoms with Crippen LogP contribution in [0.5, 0.6) is 5.75 Å². The fourth-order valence-electron chi connectivity index (χ4n) is 3.87. The molecule has 1 saturated heterocycles. The Morgan fingerprint density at radius 3 is 2.77 bits per heavy atom.